The molecule has 0 aliphatic carbocycles. The molecular weight excluding hydrogens is 224 g/mol. The van der Waals surface area contributed by atoms with Crippen molar-refractivity contribution >= 4 is 17.6 Å². The first-order chi connectivity index (χ1) is 7.13. The van der Waals surface area contributed by atoms with Crippen molar-refractivity contribution in [2.45, 2.75) is 0 Å². The Morgan fingerprint density at radius 1 is 1.27 bits per heavy atom. The zero-order valence-corrected chi connectivity index (χ0v) is 8.27. The van der Waals surface area contributed by atoms with Gasteiger partial charge in [0.2, 0.25) is 6.79 Å². The van der Waals surface area contributed by atoms with Crippen LogP contribution in [0.25, 0.3) is 0 Å². The van der Waals surface area contributed by atoms with Gasteiger partial charge in [0.15, 0.2) is 11.5 Å². The molecule has 1 aliphatic heterocycles. The number of hydrogen-bond donors (Lipinski definition) is 2. The summed E-state index contributed by atoms with van der Waals surface area (Å²) in [5.41, 5.74) is 0.606. The summed E-state index contributed by atoms with van der Waals surface area (Å²) < 4.78 is 33.0. The first kappa shape index (κ1) is 11.6. The average molecular weight is 232 g/mol. The fourth-order valence-electron chi connectivity index (χ4n) is 0.986. The predicted molar refractivity (Wildman–Crippen MR) is 51.4 cm³/mol. The maximum atomic E-state index is 10.3. The van der Waals surface area contributed by atoms with Crippen molar-refractivity contribution in [3.8, 4) is 11.5 Å². The molecule has 1 aromatic rings. The minimum atomic E-state index is -2.61. The normalized spacial score (nSPS) is 11.9. The van der Waals surface area contributed by atoms with Crippen molar-refractivity contribution in [2.24, 2.45) is 0 Å². The summed E-state index contributed by atoms with van der Waals surface area (Å²) in [7, 11) is 0. The van der Waals surface area contributed by atoms with E-state index in [0.717, 1.165) is 6.29 Å². The quantitative estimate of drug-likeness (QED) is 0.552. The monoisotopic (exact) mass is 232 g/mol. The Morgan fingerprint density at radius 2 is 1.87 bits per heavy atom. The minimum Gasteiger partial charge on any atom is -0.454 e. The van der Waals surface area contributed by atoms with Crippen LogP contribution in [0.1, 0.15) is 10.4 Å². The van der Waals surface area contributed by atoms with Crippen LogP contribution in [-0.4, -0.2) is 26.4 Å². The topological polar surface area (TPSA) is 93.1 Å². The van der Waals surface area contributed by atoms with Crippen molar-refractivity contribution in [3.63, 3.8) is 0 Å². The zero-order chi connectivity index (χ0) is 11.3. The van der Waals surface area contributed by atoms with E-state index in [9.17, 15) is 4.79 Å². The molecule has 1 aliphatic rings. The van der Waals surface area contributed by atoms with Crippen molar-refractivity contribution in [1.82, 2.24) is 0 Å². The molecule has 0 unspecified atom stereocenters. The summed E-state index contributed by atoms with van der Waals surface area (Å²) in [6.07, 6.45) is 0.780. The van der Waals surface area contributed by atoms with Crippen molar-refractivity contribution in [3.05, 3.63) is 23.8 Å². The van der Waals surface area contributed by atoms with Gasteiger partial charge in [0, 0.05) is 5.56 Å². The summed E-state index contributed by atoms with van der Waals surface area (Å²) in [5.74, 6) is 1.35. The predicted octanol–water partition coefficient (Wildman–Crippen LogP) is 0.909. The van der Waals surface area contributed by atoms with Gasteiger partial charge in [-0.2, -0.15) is 4.21 Å². The highest BCUT2D eigenvalue weighted by atomic mass is 32.2. The van der Waals surface area contributed by atoms with E-state index in [1.807, 2.05) is 0 Å². The lowest BCUT2D eigenvalue weighted by Crippen LogP contribution is -1.92. The Balaban J connectivity index is 0.000000245. The standard InChI is InChI=1S/C8H6O3.H2O3S/c9-4-6-1-2-7-8(3-6)11-5-10-7;1-4(2)3/h1-4H,5H2;(H2,1,2,3). The second kappa shape index (κ2) is 5.44. The van der Waals surface area contributed by atoms with Gasteiger partial charge in [-0.3, -0.25) is 13.9 Å². The number of rotatable bonds is 1. The molecule has 1 aromatic carbocycles. The number of ether oxygens (including phenoxy) is 2. The summed E-state index contributed by atoms with van der Waals surface area (Å²) in [6.45, 7) is 0.248. The Labute approximate surface area is 87.9 Å². The smallest absolute Gasteiger partial charge is 0.299 e. The average Bonchev–Trinajstić information content (AvgIpc) is 2.63. The lowest BCUT2D eigenvalue weighted by atomic mass is 10.2. The molecule has 15 heavy (non-hydrogen) atoms. The second-order valence-corrected chi connectivity index (χ2v) is 2.92. The lowest BCUT2D eigenvalue weighted by Gasteiger charge is -1.94. The Hall–Kier alpha value is -1.44. The van der Waals surface area contributed by atoms with Gasteiger partial charge in [0.25, 0.3) is 11.4 Å². The van der Waals surface area contributed by atoms with Gasteiger partial charge < -0.3 is 9.47 Å². The van der Waals surface area contributed by atoms with E-state index in [1.54, 1.807) is 18.2 Å². The largest absolute Gasteiger partial charge is 0.454 e. The van der Waals surface area contributed by atoms with E-state index in [4.69, 9.17) is 22.8 Å². The van der Waals surface area contributed by atoms with E-state index < -0.39 is 11.4 Å². The van der Waals surface area contributed by atoms with E-state index >= 15 is 0 Å². The number of carbonyl (C=O) groups excluding carboxylic acids is 1. The molecule has 0 amide bonds. The van der Waals surface area contributed by atoms with Crippen LogP contribution in [0.5, 0.6) is 11.5 Å². The second-order valence-electron chi connectivity index (χ2n) is 2.46. The molecule has 1 heterocycles. The highest BCUT2D eigenvalue weighted by Crippen LogP contribution is 2.31. The molecule has 2 N–H and O–H groups in total. The number of hydrogen-bond acceptors (Lipinski definition) is 4. The number of benzene rings is 1. The molecule has 0 saturated carbocycles. The van der Waals surface area contributed by atoms with Gasteiger partial charge in [-0.05, 0) is 18.2 Å². The Kier molecular flexibility index (Phi) is 4.22. The Morgan fingerprint density at radius 3 is 2.47 bits per heavy atom. The maximum Gasteiger partial charge on any atom is 0.299 e. The molecule has 6 nitrogen and oxygen atoms in total. The van der Waals surface area contributed by atoms with Crippen LogP contribution in [-0.2, 0) is 11.4 Å². The molecule has 0 saturated heterocycles. The number of aldehydes is 1. The maximum absolute atomic E-state index is 10.3. The highest BCUT2D eigenvalue weighted by Gasteiger charge is 2.12. The molecule has 0 bridgehead atoms. The zero-order valence-electron chi connectivity index (χ0n) is 7.45. The molecule has 0 atom stereocenters. The van der Waals surface area contributed by atoms with E-state index in [0.29, 0.717) is 17.1 Å². The number of fused-ring (bicyclic) bond motifs is 1. The van der Waals surface area contributed by atoms with Gasteiger partial charge in [0.05, 0.1) is 0 Å². The third kappa shape index (κ3) is 3.66. The fourth-order valence-corrected chi connectivity index (χ4v) is 0.986. The van der Waals surface area contributed by atoms with Gasteiger partial charge in [-0.1, -0.05) is 0 Å². The van der Waals surface area contributed by atoms with Crippen molar-refractivity contribution in [1.29, 1.82) is 0 Å². The van der Waals surface area contributed by atoms with Gasteiger partial charge >= 0.3 is 0 Å². The summed E-state index contributed by atoms with van der Waals surface area (Å²) in [6, 6.07) is 5.09. The third-order valence-electron chi connectivity index (χ3n) is 1.53. The van der Waals surface area contributed by atoms with Crippen LogP contribution < -0.4 is 9.47 Å². The number of carbonyl (C=O) groups is 1. The van der Waals surface area contributed by atoms with Gasteiger partial charge in [-0.15, -0.1) is 0 Å². The molecule has 7 heteroatoms. The van der Waals surface area contributed by atoms with Gasteiger partial charge in [-0.25, -0.2) is 0 Å². The first-order valence-electron chi connectivity index (χ1n) is 3.78. The van der Waals surface area contributed by atoms with Gasteiger partial charge in [0.1, 0.15) is 6.29 Å². The van der Waals surface area contributed by atoms with Crippen LogP contribution in [0.2, 0.25) is 0 Å². The molecule has 0 radical (unpaired) electrons. The summed E-state index contributed by atoms with van der Waals surface area (Å²) in [4.78, 5) is 10.3. The lowest BCUT2D eigenvalue weighted by molar-refractivity contribution is 0.112. The van der Waals surface area contributed by atoms with Crippen LogP contribution >= 0.6 is 0 Å². The molecule has 2 rings (SSSR count). The molecule has 0 fully saturated rings. The molecule has 0 aromatic heterocycles. The Bertz CT molecular complexity index is 373. The van der Waals surface area contributed by atoms with Crippen molar-refractivity contribution < 1.29 is 27.6 Å². The third-order valence-corrected chi connectivity index (χ3v) is 1.53. The van der Waals surface area contributed by atoms with Crippen LogP contribution in [0.15, 0.2) is 18.2 Å². The fraction of sp³-hybridized carbons (Fsp3) is 0.125. The van der Waals surface area contributed by atoms with E-state index in [2.05, 4.69) is 0 Å². The summed E-state index contributed by atoms with van der Waals surface area (Å²) in [5, 5.41) is 0. The SMILES string of the molecule is O=Cc1ccc2c(c1)OCO2.O=S(O)O. The molecule has 0 spiro atoms. The summed E-state index contributed by atoms with van der Waals surface area (Å²) >= 11 is -2.61. The van der Waals surface area contributed by atoms with Crippen LogP contribution in [0.4, 0.5) is 0 Å². The first-order valence-corrected chi connectivity index (χ1v) is 4.84. The highest BCUT2D eigenvalue weighted by molar-refractivity contribution is 7.73. The van der Waals surface area contributed by atoms with Crippen LogP contribution in [0.3, 0.4) is 0 Å². The van der Waals surface area contributed by atoms with E-state index in [-0.39, 0.29) is 6.79 Å². The van der Waals surface area contributed by atoms with Crippen LogP contribution in [0, 0.1) is 0 Å². The molecule has 82 valence electrons. The van der Waals surface area contributed by atoms with Crippen molar-refractivity contribution in [2.75, 3.05) is 6.79 Å². The minimum absolute atomic E-state index is 0.248. The molecular formula is C8H8O6S. The van der Waals surface area contributed by atoms with E-state index in [1.165, 1.54) is 0 Å².